The maximum Gasteiger partial charge on any atom is 0.229 e. The molecule has 1 atom stereocenters. The third kappa shape index (κ3) is 2.41. The van der Waals surface area contributed by atoms with Gasteiger partial charge in [0.1, 0.15) is 0 Å². The van der Waals surface area contributed by atoms with E-state index in [9.17, 15) is 9.46 Å². The van der Waals surface area contributed by atoms with Crippen LogP contribution < -0.4 is 11.0 Å². The van der Waals surface area contributed by atoms with Crippen LogP contribution >= 0.6 is 7.37 Å². The SMILES string of the molecule is CCP(=O)(O)c1ccc(CN)cc1. The van der Waals surface area contributed by atoms with E-state index in [1.54, 1.807) is 31.2 Å². The van der Waals surface area contributed by atoms with Gasteiger partial charge in [0.05, 0.1) is 0 Å². The van der Waals surface area contributed by atoms with Gasteiger partial charge in [-0.1, -0.05) is 19.1 Å². The fourth-order valence-electron chi connectivity index (χ4n) is 1.05. The normalized spacial score (nSPS) is 15.3. The van der Waals surface area contributed by atoms with Gasteiger partial charge in [0.2, 0.25) is 7.37 Å². The Kier molecular flexibility index (Phi) is 3.26. The molecule has 13 heavy (non-hydrogen) atoms. The zero-order valence-electron chi connectivity index (χ0n) is 7.60. The molecule has 1 unspecified atom stereocenters. The maximum absolute atomic E-state index is 11.5. The summed E-state index contributed by atoms with van der Waals surface area (Å²) >= 11 is 0. The van der Waals surface area contributed by atoms with Crippen LogP contribution in [0.5, 0.6) is 0 Å². The first-order chi connectivity index (χ1) is 6.10. The minimum Gasteiger partial charge on any atom is -0.341 e. The zero-order valence-corrected chi connectivity index (χ0v) is 8.50. The van der Waals surface area contributed by atoms with Crippen molar-refractivity contribution in [2.24, 2.45) is 5.73 Å². The van der Waals surface area contributed by atoms with E-state index < -0.39 is 7.37 Å². The summed E-state index contributed by atoms with van der Waals surface area (Å²) in [5, 5.41) is 0.507. The molecule has 3 N–H and O–H groups in total. The quantitative estimate of drug-likeness (QED) is 0.715. The lowest BCUT2D eigenvalue weighted by Gasteiger charge is -2.08. The van der Waals surface area contributed by atoms with Gasteiger partial charge in [0.25, 0.3) is 0 Å². The Morgan fingerprint density at radius 3 is 2.31 bits per heavy atom. The van der Waals surface area contributed by atoms with Crippen LogP contribution in [0.25, 0.3) is 0 Å². The van der Waals surface area contributed by atoms with Crippen LogP contribution in [-0.4, -0.2) is 11.1 Å². The molecule has 3 nitrogen and oxygen atoms in total. The van der Waals surface area contributed by atoms with Gasteiger partial charge in [-0.25, -0.2) is 0 Å². The van der Waals surface area contributed by atoms with Crippen molar-refractivity contribution in [3.63, 3.8) is 0 Å². The molecule has 0 saturated heterocycles. The molecule has 0 heterocycles. The minimum atomic E-state index is -3.10. The van der Waals surface area contributed by atoms with Crippen LogP contribution in [0, 0.1) is 0 Å². The minimum absolute atomic E-state index is 0.273. The van der Waals surface area contributed by atoms with E-state index >= 15 is 0 Å². The second-order valence-electron chi connectivity index (χ2n) is 2.89. The van der Waals surface area contributed by atoms with Gasteiger partial charge in [-0.15, -0.1) is 0 Å². The van der Waals surface area contributed by atoms with Gasteiger partial charge in [-0.05, 0) is 17.7 Å². The van der Waals surface area contributed by atoms with Crippen molar-refractivity contribution in [3.8, 4) is 0 Å². The second kappa shape index (κ2) is 4.05. The van der Waals surface area contributed by atoms with Crippen molar-refractivity contribution in [1.29, 1.82) is 0 Å². The summed E-state index contributed by atoms with van der Waals surface area (Å²) in [6, 6.07) is 6.92. The molecule has 0 aromatic heterocycles. The highest BCUT2D eigenvalue weighted by molar-refractivity contribution is 7.66. The monoisotopic (exact) mass is 199 g/mol. The summed E-state index contributed by atoms with van der Waals surface area (Å²) in [7, 11) is -3.10. The number of hydrogen-bond acceptors (Lipinski definition) is 2. The van der Waals surface area contributed by atoms with Gasteiger partial charge in [-0.2, -0.15) is 0 Å². The molecule has 0 saturated carbocycles. The number of nitrogens with two attached hydrogens (primary N) is 1. The Morgan fingerprint density at radius 1 is 1.38 bits per heavy atom. The second-order valence-corrected chi connectivity index (χ2v) is 5.44. The van der Waals surface area contributed by atoms with E-state index in [-0.39, 0.29) is 6.16 Å². The van der Waals surface area contributed by atoms with E-state index in [1.807, 2.05) is 0 Å². The molecule has 0 aliphatic heterocycles. The average molecular weight is 199 g/mol. The van der Waals surface area contributed by atoms with Gasteiger partial charge >= 0.3 is 0 Å². The largest absolute Gasteiger partial charge is 0.341 e. The molecule has 1 aromatic rings. The van der Waals surface area contributed by atoms with Gasteiger partial charge < -0.3 is 10.6 Å². The molecule has 1 aromatic carbocycles. The molecule has 0 radical (unpaired) electrons. The topological polar surface area (TPSA) is 63.3 Å². The molecule has 0 aliphatic carbocycles. The molecule has 0 fully saturated rings. The lowest BCUT2D eigenvalue weighted by molar-refractivity contribution is 0.491. The summed E-state index contributed by atoms with van der Waals surface area (Å²) < 4.78 is 11.5. The number of hydrogen-bond donors (Lipinski definition) is 2. The first-order valence-corrected chi connectivity index (χ1v) is 6.06. The summed E-state index contributed by atoms with van der Waals surface area (Å²) in [4.78, 5) is 9.48. The molecule has 4 heteroatoms. The van der Waals surface area contributed by atoms with E-state index in [4.69, 9.17) is 5.73 Å². The van der Waals surface area contributed by atoms with Crippen LogP contribution in [0.2, 0.25) is 0 Å². The van der Waals surface area contributed by atoms with Crippen LogP contribution in [0.15, 0.2) is 24.3 Å². The maximum atomic E-state index is 11.5. The number of rotatable bonds is 3. The Balaban J connectivity index is 2.99. The van der Waals surface area contributed by atoms with Gasteiger partial charge in [-0.3, -0.25) is 4.57 Å². The Hall–Kier alpha value is -0.630. The van der Waals surface area contributed by atoms with Gasteiger partial charge in [0, 0.05) is 18.0 Å². The van der Waals surface area contributed by atoms with Crippen LogP contribution in [0.3, 0.4) is 0 Å². The van der Waals surface area contributed by atoms with E-state index in [0.29, 0.717) is 11.8 Å². The average Bonchev–Trinajstić information content (AvgIpc) is 2.18. The van der Waals surface area contributed by atoms with Crippen molar-refractivity contribution >= 4 is 12.7 Å². The molecule has 0 aliphatic rings. The molecule has 0 spiro atoms. The lowest BCUT2D eigenvalue weighted by atomic mass is 10.2. The first kappa shape index (κ1) is 10.5. The summed E-state index contributed by atoms with van der Waals surface area (Å²) in [5.41, 5.74) is 6.38. The van der Waals surface area contributed by atoms with E-state index in [1.165, 1.54) is 0 Å². The van der Waals surface area contributed by atoms with Crippen LogP contribution in [0.1, 0.15) is 12.5 Å². The van der Waals surface area contributed by atoms with Crippen LogP contribution in [-0.2, 0) is 11.1 Å². The highest BCUT2D eigenvalue weighted by Gasteiger charge is 2.17. The molecular weight excluding hydrogens is 185 g/mol. The molecule has 0 bridgehead atoms. The highest BCUT2D eigenvalue weighted by atomic mass is 31.2. The third-order valence-corrected chi connectivity index (χ3v) is 3.97. The molecule has 72 valence electrons. The number of benzene rings is 1. The first-order valence-electron chi connectivity index (χ1n) is 4.21. The third-order valence-electron chi connectivity index (χ3n) is 2.00. The lowest BCUT2D eigenvalue weighted by Crippen LogP contribution is -2.06. The predicted molar refractivity (Wildman–Crippen MR) is 54.3 cm³/mol. The summed E-state index contributed by atoms with van der Waals surface area (Å²) in [5.74, 6) is 0. The smallest absolute Gasteiger partial charge is 0.229 e. The van der Waals surface area contributed by atoms with Crippen LogP contribution in [0.4, 0.5) is 0 Å². The summed E-state index contributed by atoms with van der Waals surface area (Å²) in [6.07, 6.45) is 0.273. The Labute approximate surface area is 78.0 Å². The van der Waals surface area contributed by atoms with Crippen molar-refractivity contribution in [2.45, 2.75) is 13.5 Å². The van der Waals surface area contributed by atoms with Gasteiger partial charge in [0.15, 0.2) is 0 Å². The van der Waals surface area contributed by atoms with Crippen molar-refractivity contribution < 1.29 is 9.46 Å². The Bertz CT molecular complexity index is 321. The molecule has 1 rings (SSSR count). The van der Waals surface area contributed by atoms with E-state index in [0.717, 1.165) is 5.56 Å². The van der Waals surface area contributed by atoms with Crippen molar-refractivity contribution in [2.75, 3.05) is 6.16 Å². The standard InChI is InChI=1S/C9H14NO2P/c1-2-13(11,12)9-5-3-8(7-10)4-6-9/h3-6H,2,7,10H2,1H3,(H,11,12). The van der Waals surface area contributed by atoms with Crippen molar-refractivity contribution in [1.82, 2.24) is 0 Å². The molecule has 0 amide bonds. The highest BCUT2D eigenvalue weighted by Crippen LogP contribution is 2.38. The fraction of sp³-hybridized carbons (Fsp3) is 0.333. The fourth-order valence-corrected chi connectivity index (χ4v) is 2.03. The summed E-state index contributed by atoms with van der Waals surface area (Å²) in [6.45, 7) is 2.17. The zero-order chi connectivity index (χ0) is 9.90. The van der Waals surface area contributed by atoms with E-state index in [2.05, 4.69) is 0 Å². The predicted octanol–water partition coefficient (Wildman–Crippen LogP) is 1.06. The molecular formula is C9H14NO2P. The Morgan fingerprint density at radius 2 is 1.92 bits per heavy atom. The van der Waals surface area contributed by atoms with Crippen molar-refractivity contribution in [3.05, 3.63) is 29.8 Å².